The third-order valence-corrected chi connectivity index (χ3v) is 2.19. The molecule has 16 heavy (non-hydrogen) atoms. The highest BCUT2D eigenvalue weighted by Crippen LogP contribution is 2.18. The molecule has 0 heterocycles. The minimum absolute atomic E-state index is 0.0653. The van der Waals surface area contributed by atoms with Crippen LogP contribution in [0.1, 0.15) is 47.9 Å². The molecule has 0 bridgehead atoms. The van der Waals surface area contributed by atoms with Crippen molar-refractivity contribution in [3.05, 3.63) is 29.3 Å². The summed E-state index contributed by atoms with van der Waals surface area (Å²) in [6.07, 6.45) is 0.889. The van der Waals surface area contributed by atoms with E-state index in [0.29, 0.717) is 23.5 Å². The van der Waals surface area contributed by atoms with Gasteiger partial charge in [-0.2, -0.15) is 0 Å². The number of carbonyl (C=O) groups excluding carboxylic acids is 2. The molecule has 86 valence electrons. The molecule has 0 unspecified atom stereocenters. The molecule has 1 aromatic carbocycles. The summed E-state index contributed by atoms with van der Waals surface area (Å²) in [6.45, 7) is 5.53. The summed E-state index contributed by atoms with van der Waals surface area (Å²) in [4.78, 5) is 22.6. The fraction of sp³-hybridized carbons (Fsp3) is 0.385. The second-order valence-corrected chi connectivity index (χ2v) is 3.71. The van der Waals surface area contributed by atoms with Gasteiger partial charge in [0.1, 0.15) is 5.75 Å². The van der Waals surface area contributed by atoms with Gasteiger partial charge in [0.2, 0.25) is 0 Å². The molecule has 0 saturated carbocycles. The van der Waals surface area contributed by atoms with E-state index in [1.165, 1.54) is 13.8 Å². The van der Waals surface area contributed by atoms with Crippen LogP contribution in [-0.2, 0) is 0 Å². The van der Waals surface area contributed by atoms with E-state index < -0.39 is 0 Å². The third-order valence-electron chi connectivity index (χ3n) is 2.19. The van der Waals surface area contributed by atoms with Gasteiger partial charge >= 0.3 is 0 Å². The first-order valence-corrected chi connectivity index (χ1v) is 5.34. The van der Waals surface area contributed by atoms with Gasteiger partial charge in [0.05, 0.1) is 6.61 Å². The summed E-state index contributed by atoms with van der Waals surface area (Å²) in [7, 11) is 0. The van der Waals surface area contributed by atoms with Crippen LogP contribution in [0.5, 0.6) is 5.75 Å². The van der Waals surface area contributed by atoms with Crippen LogP contribution < -0.4 is 4.74 Å². The van der Waals surface area contributed by atoms with Crippen LogP contribution in [0, 0.1) is 0 Å². The van der Waals surface area contributed by atoms with Crippen molar-refractivity contribution in [2.45, 2.75) is 27.2 Å². The van der Waals surface area contributed by atoms with Crippen LogP contribution in [0.25, 0.3) is 0 Å². The Morgan fingerprint density at radius 2 is 1.56 bits per heavy atom. The largest absolute Gasteiger partial charge is 0.494 e. The van der Waals surface area contributed by atoms with Gasteiger partial charge in [-0.1, -0.05) is 6.92 Å². The lowest BCUT2D eigenvalue weighted by Gasteiger charge is -2.07. The van der Waals surface area contributed by atoms with Gasteiger partial charge in [-0.05, 0) is 38.5 Å². The Balaban J connectivity index is 3.08. The lowest BCUT2D eigenvalue weighted by molar-refractivity contribution is 0.101. The molecule has 0 atom stereocenters. The van der Waals surface area contributed by atoms with Crippen molar-refractivity contribution in [1.82, 2.24) is 0 Å². The Morgan fingerprint density at radius 1 is 1.06 bits per heavy atom. The number of carbonyl (C=O) groups is 2. The van der Waals surface area contributed by atoms with Crippen molar-refractivity contribution < 1.29 is 14.3 Å². The molecule has 0 N–H and O–H groups in total. The summed E-state index contributed by atoms with van der Waals surface area (Å²) < 4.78 is 5.43. The van der Waals surface area contributed by atoms with Crippen molar-refractivity contribution in [3.63, 3.8) is 0 Å². The highest BCUT2D eigenvalue weighted by atomic mass is 16.5. The molecular formula is C13H16O3. The predicted octanol–water partition coefficient (Wildman–Crippen LogP) is 2.88. The van der Waals surface area contributed by atoms with Gasteiger partial charge in [-0.3, -0.25) is 9.59 Å². The maximum Gasteiger partial charge on any atom is 0.159 e. The molecule has 0 amide bonds. The van der Waals surface area contributed by atoms with Crippen molar-refractivity contribution >= 4 is 11.6 Å². The van der Waals surface area contributed by atoms with E-state index in [9.17, 15) is 9.59 Å². The number of rotatable bonds is 5. The van der Waals surface area contributed by atoms with Crippen LogP contribution in [-0.4, -0.2) is 18.2 Å². The average Bonchev–Trinajstić information content (AvgIpc) is 2.25. The molecule has 0 radical (unpaired) electrons. The molecule has 0 aliphatic carbocycles. The number of Topliss-reactive ketones (excluding diaryl/α,β-unsaturated/α-hetero) is 2. The van der Waals surface area contributed by atoms with Gasteiger partial charge in [0.25, 0.3) is 0 Å². The van der Waals surface area contributed by atoms with Gasteiger partial charge in [0, 0.05) is 11.1 Å². The lowest BCUT2D eigenvalue weighted by Crippen LogP contribution is -2.02. The number of ketones is 2. The standard InChI is InChI=1S/C13H16O3/c1-4-5-16-13-7-11(9(2)14)6-12(8-13)10(3)15/h6-8H,4-5H2,1-3H3. The van der Waals surface area contributed by atoms with Crippen LogP contribution >= 0.6 is 0 Å². The molecule has 0 saturated heterocycles. The van der Waals surface area contributed by atoms with Gasteiger partial charge < -0.3 is 4.74 Å². The molecule has 3 nitrogen and oxygen atoms in total. The predicted molar refractivity (Wildman–Crippen MR) is 62.2 cm³/mol. The van der Waals surface area contributed by atoms with Crippen LogP contribution in [0.2, 0.25) is 0 Å². The van der Waals surface area contributed by atoms with Crippen LogP contribution in [0.4, 0.5) is 0 Å². The Hall–Kier alpha value is -1.64. The summed E-state index contributed by atoms with van der Waals surface area (Å²) in [6, 6.07) is 4.94. The smallest absolute Gasteiger partial charge is 0.159 e. The minimum atomic E-state index is -0.0653. The summed E-state index contributed by atoms with van der Waals surface area (Å²) >= 11 is 0. The van der Waals surface area contributed by atoms with Crippen molar-refractivity contribution in [2.75, 3.05) is 6.61 Å². The fourth-order valence-corrected chi connectivity index (χ4v) is 1.31. The Kier molecular flexibility index (Phi) is 4.23. The first-order valence-electron chi connectivity index (χ1n) is 5.34. The number of hydrogen-bond donors (Lipinski definition) is 0. The highest BCUT2D eigenvalue weighted by Gasteiger charge is 2.08. The maximum atomic E-state index is 11.3. The Morgan fingerprint density at radius 3 is 1.94 bits per heavy atom. The first-order chi connectivity index (χ1) is 7.54. The lowest BCUT2D eigenvalue weighted by atomic mass is 10.1. The van der Waals surface area contributed by atoms with Crippen molar-refractivity contribution in [2.24, 2.45) is 0 Å². The fourth-order valence-electron chi connectivity index (χ4n) is 1.31. The normalized spacial score (nSPS) is 9.94. The van der Waals surface area contributed by atoms with E-state index in [1.807, 2.05) is 6.92 Å². The molecular weight excluding hydrogens is 204 g/mol. The molecule has 1 rings (SSSR count). The Bertz CT molecular complexity index is 375. The zero-order valence-corrected chi connectivity index (χ0v) is 9.87. The van der Waals surface area contributed by atoms with E-state index in [-0.39, 0.29) is 11.6 Å². The van der Waals surface area contributed by atoms with Crippen LogP contribution in [0.3, 0.4) is 0 Å². The molecule has 3 heteroatoms. The minimum Gasteiger partial charge on any atom is -0.494 e. The summed E-state index contributed by atoms with van der Waals surface area (Å²) in [5, 5.41) is 0. The number of hydrogen-bond acceptors (Lipinski definition) is 3. The molecule has 0 aliphatic rings. The second kappa shape index (κ2) is 5.45. The van der Waals surface area contributed by atoms with E-state index in [1.54, 1.807) is 18.2 Å². The second-order valence-electron chi connectivity index (χ2n) is 3.71. The number of ether oxygens (including phenoxy) is 1. The molecule has 0 spiro atoms. The Labute approximate surface area is 95.4 Å². The van der Waals surface area contributed by atoms with Gasteiger partial charge in [-0.15, -0.1) is 0 Å². The van der Waals surface area contributed by atoms with E-state index in [4.69, 9.17) is 4.74 Å². The zero-order chi connectivity index (χ0) is 12.1. The number of benzene rings is 1. The van der Waals surface area contributed by atoms with Gasteiger partial charge in [0.15, 0.2) is 11.6 Å². The van der Waals surface area contributed by atoms with E-state index >= 15 is 0 Å². The molecule has 1 aromatic rings. The average molecular weight is 220 g/mol. The zero-order valence-electron chi connectivity index (χ0n) is 9.87. The molecule has 0 aromatic heterocycles. The highest BCUT2D eigenvalue weighted by molar-refractivity contribution is 6.00. The maximum absolute atomic E-state index is 11.3. The SMILES string of the molecule is CCCOc1cc(C(C)=O)cc(C(C)=O)c1. The van der Waals surface area contributed by atoms with E-state index in [0.717, 1.165) is 6.42 Å². The third kappa shape index (κ3) is 3.19. The molecule has 0 aliphatic heterocycles. The first kappa shape index (κ1) is 12.4. The quantitative estimate of drug-likeness (QED) is 0.716. The topological polar surface area (TPSA) is 43.4 Å². The summed E-state index contributed by atoms with van der Waals surface area (Å²) in [5.41, 5.74) is 1.03. The monoisotopic (exact) mass is 220 g/mol. The van der Waals surface area contributed by atoms with Crippen molar-refractivity contribution in [3.8, 4) is 5.75 Å². The van der Waals surface area contributed by atoms with Gasteiger partial charge in [-0.25, -0.2) is 0 Å². The summed E-state index contributed by atoms with van der Waals surface area (Å²) in [5.74, 6) is 0.452. The van der Waals surface area contributed by atoms with Crippen molar-refractivity contribution in [1.29, 1.82) is 0 Å². The molecule has 0 fully saturated rings. The van der Waals surface area contributed by atoms with E-state index in [2.05, 4.69) is 0 Å². The van der Waals surface area contributed by atoms with Crippen LogP contribution in [0.15, 0.2) is 18.2 Å².